The molecule has 1 heterocycles. The molecule has 3 N–H and O–H groups in total. The third kappa shape index (κ3) is 3.64. The van der Waals surface area contributed by atoms with E-state index in [1.54, 1.807) is 4.90 Å². The SMILES string of the molecule is CC(C)C(C)(N)C1(O)CCN(C(=O)OC(C)(C)C)CC1. The number of ether oxygens (including phenoxy) is 1. The van der Waals surface area contributed by atoms with E-state index in [-0.39, 0.29) is 12.0 Å². The predicted octanol–water partition coefficient (Wildman–Crippen LogP) is 2.12. The average molecular weight is 286 g/mol. The summed E-state index contributed by atoms with van der Waals surface area (Å²) in [5.41, 5.74) is 4.22. The Morgan fingerprint density at radius 1 is 1.25 bits per heavy atom. The number of amides is 1. The van der Waals surface area contributed by atoms with Gasteiger partial charge in [0, 0.05) is 18.6 Å². The fourth-order valence-corrected chi connectivity index (χ4v) is 2.46. The van der Waals surface area contributed by atoms with Gasteiger partial charge >= 0.3 is 6.09 Å². The number of piperidine rings is 1. The molecule has 1 amide bonds. The highest BCUT2D eigenvalue weighted by Crippen LogP contribution is 2.36. The van der Waals surface area contributed by atoms with Crippen molar-refractivity contribution in [2.24, 2.45) is 11.7 Å². The molecule has 1 saturated heterocycles. The summed E-state index contributed by atoms with van der Waals surface area (Å²) in [7, 11) is 0. The zero-order chi connectivity index (χ0) is 15.8. The second kappa shape index (κ2) is 5.53. The second-order valence-electron chi connectivity index (χ2n) is 7.44. The topological polar surface area (TPSA) is 75.8 Å². The second-order valence-corrected chi connectivity index (χ2v) is 7.44. The normalized spacial score (nSPS) is 22.6. The maximum Gasteiger partial charge on any atom is 0.410 e. The Morgan fingerprint density at radius 2 is 1.70 bits per heavy atom. The van der Waals surface area contributed by atoms with Gasteiger partial charge in [0.2, 0.25) is 0 Å². The summed E-state index contributed by atoms with van der Waals surface area (Å²) in [6, 6.07) is 0. The Hall–Kier alpha value is -0.810. The highest BCUT2D eigenvalue weighted by Gasteiger charge is 2.48. The van der Waals surface area contributed by atoms with Crippen molar-refractivity contribution in [2.75, 3.05) is 13.1 Å². The molecule has 5 heteroatoms. The minimum absolute atomic E-state index is 0.167. The van der Waals surface area contributed by atoms with Crippen molar-refractivity contribution in [1.29, 1.82) is 0 Å². The Morgan fingerprint density at radius 3 is 2.05 bits per heavy atom. The van der Waals surface area contributed by atoms with E-state index in [1.807, 2.05) is 41.5 Å². The van der Waals surface area contributed by atoms with Gasteiger partial charge in [-0.15, -0.1) is 0 Å². The van der Waals surface area contributed by atoms with Crippen molar-refractivity contribution in [3.63, 3.8) is 0 Å². The van der Waals surface area contributed by atoms with Crippen molar-refractivity contribution in [3.05, 3.63) is 0 Å². The summed E-state index contributed by atoms with van der Waals surface area (Å²) in [6.45, 7) is 12.4. The van der Waals surface area contributed by atoms with Gasteiger partial charge < -0.3 is 20.5 Å². The van der Waals surface area contributed by atoms with Crippen LogP contribution in [0.2, 0.25) is 0 Å². The van der Waals surface area contributed by atoms with Crippen LogP contribution in [0, 0.1) is 5.92 Å². The van der Waals surface area contributed by atoms with Gasteiger partial charge in [0.25, 0.3) is 0 Å². The monoisotopic (exact) mass is 286 g/mol. The zero-order valence-electron chi connectivity index (χ0n) is 13.7. The van der Waals surface area contributed by atoms with Gasteiger partial charge in [-0.05, 0) is 46.5 Å². The average Bonchev–Trinajstić information content (AvgIpc) is 2.27. The van der Waals surface area contributed by atoms with Gasteiger partial charge in [-0.3, -0.25) is 0 Å². The first kappa shape index (κ1) is 17.2. The molecule has 1 fully saturated rings. The number of nitrogens with two attached hydrogens (primary N) is 1. The molecular formula is C15H30N2O3. The minimum atomic E-state index is -0.931. The lowest BCUT2D eigenvalue weighted by Crippen LogP contribution is -2.65. The Labute approximate surface area is 122 Å². The first-order valence-electron chi connectivity index (χ1n) is 7.38. The third-order valence-corrected chi connectivity index (χ3v) is 4.44. The van der Waals surface area contributed by atoms with Crippen LogP contribution in [0.5, 0.6) is 0 Å². The van der Waals surface area contributed by atoms with Gasteiger partial charge in [-0.25, -0.2) is 4.79 Å². The molecule has 0 saturated carbocycles. The van der Waals surface area contributed by atoms with Gasteiger partial charge in [0.1, 0.15) is 5.60 Å². The van der Waals surface area contributed by atoms with E-state index in [0.717, 1.165) is 0 Å². The van der Waals surface area contributed by atoms with Gasteiger partial charge in [-0.1, -0.05) is 13.8 Å². The van der Waals surface area contributed by atoms with E-state index in [4.69, 9.17) is 10.5 Å². The van der Waals surface area contributed by atoms with Crippen LogP contribution in [0.4, 0.5) is 4.79 Å². The standard InChI is InChI=1S/C15H30N2O3/c1-11(2)14(6,16)15(19)7-9-17(10-8-15)12(18)20-13(3,4)5/h11,19H,7-10,16H2,1-6H3. The molecule has 1 aliphatic heterocycles. The molecule has 0 aromatic rings. The van der Waals surface area contributed by atoms with Crippen molar-refractivity contribution in [1.82, 2.24) is 4.90 Å². The number of rotatable bonds is 2. The van der Waals surface area contributed by atoms with Gasteiger partial charge in [0.05, 0.1) is 5.60 Å². The summed E-state index contributed by atoms with van der Waals surface area (Å²) in [4.78, 5) is 13.6. The first-order chi connectivity index (χ1) is 8.89. The minimum Gasteiger partial charge on any atom is -0.444 e. The molecule has 0 radical (unpaired) electrons. The van der Waals surface area contributed by atoms with Crippen molar-refractivity contribution >= 4 is 6.09 Å². The van der Waals surface area contributed by atoms with Crippen LogP contribution in [0.15, 0.2) is 0 Å². The fraction of sp³-hybridized carbons (Fsp3) is 0.933. The Kier molecular flexibility index (Phi) is 4.76. The lowest BCUT2D eigenvalue weighted by atomic mass is 9.69. The summed E-state index contributed by atoms with van der Waals surface area (Å²) in [5, 5.41) is 10.8. The van der Waals surface area contributed by atoms with Gasteiger partial charge in [-0.2, -0.15) is 0 Å². The molecule has 0 bridgehead atoms. The first-order valence-corrected chi connectivity index (χ1v) is 7.38. The van der Waals surface area contributed by atoms with Crippen LogP contribution >= 0.6 is 0 Å². The van der Waals surface area contributed by atoms with Crippen LogP contribution in [-0.4, -0.2) is 45.9 Å². The van der Waals surface area contributed by atoms with E-state index < -0.39 is 16.7 Å². The number of likely N-dealkylation sites (tertiary alicyclic amines) is 1. The van der Waals surface area contributed by atoms with Crippen molar-refractivity contribution in [2.45, 2.75) is 71.1 Å². The molecule has 5 nitrogen and oxygen atoms in total. The number of carbonyl (C=O) groups excluding carboxylic acids is 1. The van der Waals surface area contributed by atoms with E-state index in [9.17, 15) is 9.90 Å². The molecule has 0 aromatic heterocycles. The van der Waals surface area contributed by atoms with Gasteiger partial charge in [0.15, 0.2) is 0 Å². The number of hydrogen-bond acceptors (Lipinski definition) is 4. The number of hydrogen-bond donors (Lipinski definition) is 2. The molecule has 1 atom stereocenters. The molecule has 1 rings (SSSR count). The van der Waals surface area contributed by atoms with Crippen LogP contribution in [0.25, 0.3) is 0 Å². The summed E-state index contributed by atoms with van der Waals surface area (Å²) < 4.78 is 5.35. The smallest absolute Gasteiger partial charge is 0.410 e. The molecule has 0 spiro atoms. The Balaban J connectivity index is 2.66. The molecule has 1 aliphatic rings. The van der Waals surface area contributed by atoms with Crippen LogP contribution in [-0.2, 0) is 4.74 Å². The molecule has 0 aliphatic carbocycles. The van der Waals surface area contributed by atoms with E-state index in [0.29, 0.717) is 25.9 Å². The van der Waals surface area contributed by atoms with E-state index in [1.165, 1.54) is 0 Å². The van der Waals surface area contributed by atoms with Crippen molar-refractivity contribution < 1.29 is 14.6 Å². The van der Waals surface area contributed by atoms with E-state index in [2.05, 4.69) is 0 Å². The highest BCUT2D eigenvalue weighted by molar-refractivity contribution is 5.68. The molecular weight excluding hydrogens is 256 g/mol. The molecule has 20 heavy (non-hydrogen) atoms. The summed E-state index contributed by atoms with van der Waals surface area (Å²) in [6.07, 6.45) is 0.650. The lowest BCUT2D eigenvalue weighted by molar-refractivity contribution is -0.0895. The molecule has 1 unspecified atom stereocenters. The summed E-state index contributed by atoms with van der Waals surface area (Å²) >= 11 is 0. The number of aliphatic hydroxyl groups is 1. The quantitative estimate of drug-likeness (QED) is 0.815. The molecule has 118 valence electrons. The van der Waals surface area contributed by atoms with Crippen LogP contribution < -0.4 is 5.73 Å². The van der Waals surface area contributed by atoms with Crippen LogP contribution in [0.3, 0.4) is 0 Å². The number of carbonyl (C=O) groups is 1. The predicted molar refractivity (Wildman–Crippen MR) is 79.4 cm³/mol. The van der Waals surface area contributed by atoms with Crippen molar-refractivity contribution in [3.8, 4) is 0 Å². The van der Waals surface area contributed by atoms with Crippen LogP contribution in [0.1, 0.15) is 54.4 Å². The zero-order valence-corrected chi connectivity index (χ0v) is 13.7. The number of nitrogens with zero attached hydrogens (tertiary/aromatic N) is 1. The maximum absolute atomic E-state index is 12.0. The lowest BCUT2D eigenvalue weighted by Gasteiger charge is -2.49. The fourth-order valence-electron chi connectivity index (χ4n) is 2.46. The van der Waals surface area contributed by atoms with E-state index >= 15 is 0 Å². The highest BCUT2D eigenvalue weighted by atomic mass is 16.6. The molecule has 0 aromatic carbocycles. The summed E-state index contributed by atoms with van der Waals surface area (Å²) in [5.74, 6) is 0.167. The third-order valence-electron chi connectivity index (χ3n) is 4.44. The maximum atomic E-state index is 12.0. The largest absolute Gasteiger partial charge is 0.444 e. The Bertz CT molecular complexity index is 351.